The zero-order valence-electron chi connectivity index (χ0n) is 14.3. The first-order valence-corrected chi connectivity index (χ1v) is 9.39. The summed E-state index contributed by atoms with van der Waals surface area (Å²) in [5.74, 6) is 0.906. The van der Waals surface area contributed by atoms with Crippen LogP contribution in [0.3, 0.4) is 0 Å². The van der Waals surface area contributed by atoms with Crippen LogP contribution < -0.4 is 4.74 Å². The first kappa shape index (κ1) is 15.2. The summed E-state index contributed by atoms with van der Waals surface area (Å²) in [4.78, 5) is 4.53. The Labute approximate surface area is 155 Å². The number of methoxy groups -OCH3 is 1. The minimum Gasteiger partial charge on any atom is -0.496 e. The van der Waals surface area contributed by atoms with Gasteiger partial charge in [-0.05, 0) is 47.3 Å². The Kier molecular flexibility index (Phi) is 3.54. The number of H-pyrrole nitrogens is 1. The number of thiophene rings is 1. The van der Waals surface area contributed by atoms with Crippen LogP contribution in [0.15, 0.2) is 79.0 Å². The van der Waals surface area contributed by atoms with Crippen molar-refractivity contribution in [2.24, 2.45) is 0 Å². The number of hydrogen-bond donors (Lipinski definition) is 1. The summed E-state index contributed by atoms with van der Waals surface area (Å²) in [6.07, 6.45) is 1.99. The molecule has 1 N–H and O–H groups in total. The molecule has 0 aliphatic heterocycles. The standard InChI is InChI=1S/C23H17NOS/c1-25-20-8-4-2-6-17(20)23-22(18-7-3-5-9-21(18)26-23)16-10-11-19-15(14-16)12-13-24-19/h2-14,24H,1H3. The summed E-state index contributed by atoms with van der Waals surface area (Å²) in [5, 5.41) is 2.51. The van der Waals surface area contributed by atoms with E-state index in [4.69, 9.17) is 4.74 Å². The number of para-hydroxylation sites is 1. The average molecular weight is 355 g/mol. The molecule has 0 radical (unpaired) electrons. The van der Waals surface area contributed by atoms with Crippen molar-refractivity contribution >= 4 is 32.3 Å². The van der Waals surface area contributed by atoms with Crippen molar-refractivity contribution in [1.82, 2.24) is 4.98 Å². The Hall–Kier alpha value is -3.04. The van der Waals surface area contributed by atoms with Crippen LogP contribution in [0.2, 0.25) is 0 Å². The SMILES string of the molecule is COc1ccccc1-c1sc2ccccc2c1-c1ccc2[nH]ccc2c1. The fourth-order valence-corrected chi connectivity index (χ4v) is 4.82. The van der Waals surface area contributed by atoms with Crippen LogP contribution in [0.1, 0.15) is 0 Å². The maximum absolute atomic E-state index is 5.65. The van der Waals surface area contributed by atoms with Gasteiger partial charge in [0.1, 0.15) is 5.75 Å². The van der Waals surface area contributed by atoms with Crippen LogP contribution in [0, 0.1) is 0 Å². The third-order valence-corrected chi connectivity index (χ3v) is 5.99. The molecular weight excluding hydrogens is 338 g/mol. The summed E-state index contributed by atoms with van der Waals surface area (Å²) in [6.45, 7) is 0. The lowest BCUT2D eigenvalue weighted by Crippen LogP contribution is -1.87. The highest BCUT2D eigenvalue weighted by Gasteiger charge is 2.18. The second-order valence-electron chi connectivity index (χ2n) is 6.28. The molecule has 0 saturated carbocycles. The topological polar surface area (TPSA) is 25.0 Å². The molecule has 3 aromatic carbocycles. The van der Waals surface area contributed by atoms with Crippen molar-refractivity contribution in [1.29, 1.82) is 0 Å². The minimum absolute atomic E-state index is 0.906. The number of benzene rings is 3. The summed E-state index contributed by atoms with van der Waals surface area (Å²) in [6, 6.07) is 25.6. The molecule has 0 fully saturated rings. The van der Waals surface area contributed by atoms with Crippen LogP contribution in [0.4, 0.5) is 0 Å². The van der Waals surface area contributed by atoms with Gasteiger partial charge in [-0.1, -0.05) is 36.4 Å². The van der Waals surface area contributed by atoms with Gasteiger partial charge < -0.3 is 9.72 Å². The highest BCUT2D eigenvalue weighted by molar-refractivity contribution is 7.23. The molecule has 0 atom stereocenters. The normalized spacial score (nSPS) is 11.3. The van der Waals surface area contributed by atoms with E-state index in [1.165, 1.54) is 31.5 Å². The zero-order chi connectivity index (χ0) is 17.5. The Balaban J connectivity index is 1.85. The maximum Gasteiger partial charge on any atom is 0.127 e. The molecular formula is C23H17NOS. The Morgan fingerprint density at radius 1 is 0.885 bits per heavy atom. The molecule has 126 valence electrons. The average Bonchev–Trinajstić information content (AvgIpc) is 3.31. The molecule has 0 bridgehead atoms. The van der Waals surface area contributed by atoms with Crippen molar-refractivity contribution in [2.45, 2.75) is 0 Å². The molecule has 2 heterocycles. The van der Waals surface area contributed by atoms with Gasteiger partial charge >= 0.3 is 0 Å². The first-order valence-electron chi connectivity index (χ1n) is 8.57. The van der Waals surface area contributed by atoms with Gasteiger partial charge in [-0.25, -0.2) is 0 Å². The van der Waals surface area contributed by atoms with Gasteiger partial charge in [0.05, 0.1) is 7.11 Å². The van der Waals surface area contributed by atoms with E-state index in [1.807, 2.05) is 29.7 Å². The first-order chi connectivity index (χ1) is 12.8. The predicted octanol–water partition coefficient (Wildman–Crippen LogP) is 6.73. The van der Waals surface area contributed by atoms with E-state index in [0.29, 0.717) is 0 Å². The summed E-state index contributed by atoms with van der Waals surface area (Å²) < 4.78 is 6.94. The second-order valence-corrected chi connectivity index (χ2v) is 7.33. The van der Waals surface area contributed by atoms with Gasteiger partial charge in [0.2, 0.25) is 0 Å². The number of ether oxygens (including phenoxy) is 1. The number of hydrogen-bond acceptors (Lipinski definition) is 2. The Morgan fingerprint density at radius 2 is 1.73 bits per heavy atom. The van der Waals surface area contributed by atoms with E-state index in [-0.39, 0.29) is 0 Å². The van der Waals surface area contributed by atoms with Gasteiger partial charge in [-0.3, -0.25) is 0 Å². The molecule has 5 aromatic rings. The number of aromatic nitrogens is 1. The molecule has 0 amide bonds. The number of aromatic amines is 1. The van der Waals surface area contributed by atoms with Crippen LogP contribution in [-0.2, 0) is 0 Å². The summed E-state index contributed by atoms with van der Waals surface area (Å²) in [5.41, 5.74) is 4.81. The minimum atomic E-state index is 0.906. The van der Waals surface area contributed by atoms with Crippen LogP contribution in [-0.4, -0.2) is 12.1 Å². The molecule has 2 aromatic heterocycles. The molecule has 0 spiro atoms. The van der Waals surface area contributed by atoms with Crippen LogP contribution in [0.5, 0.6) is 5.75 Å². The second kappa shape index (κ2) is 6.04. The zero-order valence-corrected chi connectivity index (χ0v) is 15.1. The molecule has 0 aliphatic rings. The van der Waals surface area contributed by atoms with E-state index in [1.54, 1.807) is 7.11 Å². The third-order valence-electron chi connectivity index (χ3n) is 4.79. The van der Waals surface area contributed by atoms with E-state index < -0.39 is 0 Å². The fourth-order valence-electron chi connectivity index (χ4n) is 3.56. The molecule has 5 rings (SSSR count). The Bertz CT molecular complexity index is 1230. The molecule has 26 heavy (non-hydrogen) atoms. The van der Waals surface area contributed by atoms with E-state index in [9.17, 15) is 0 Å². The van der Waals surface area contributed by atoms with Gasteiger partial charge in [-0.15, -0.1) is 11.3 Å². The van der Waals surface area contributed by atoms with Crippen LogP contribution in [0.25, 0.3) is 42.6 Å². The van der Waals surface area contributed by atoms with Gasteiger partial charge in [0, 0.05) is 37.8 Å². The van der Waals surface area contributed by atoms with Gasteiger partial charge in [0.25, 0.3) is 0 Å². The smallest absolute Gasteiger partial charge is 0.127 e. The van der Waals surface area contributed by atoms with Crippen molar-refractivity contribution in [2.75, 3.05) is 7.11 Å². The summed E-state index contributed by atoms with van der Waals surface area (Å²) >= 11 is 1.82. The third kappa shape index (κ3) is 2.32. The lowest BCUT2D eigenvalue weighted by Gasteiger charge is -2.10. The number of rotatable bonds is 3. The highest BCUT2D eigenvalue weighted by Crippen LogP contribution is 2.47. The lowest BCUT2D eigenvalue weighted by atomic mass is 9.97. The lowest BCUT2D eigenvalue weighted by molar-refractivity contribution is 0.416. The van der Waals surface area contributed by atoms with E-state index >= 15 is 0 Å². The van der Waals surface area contributed by atoms with Crippen molar-refractivity contribution < 1.29 is 4.74 Å². The molecule has 0 aliphatic carbocycles. The predicted molar refractivity (Wildman–Crippen MR) is 111 cm³/mol. The molecule has 0 saturated heterocycles. The Morgan fingerprint density at radius 3 is 2.65 bits per heavy atom. The molecule has 3 heteroatoms. The number of nitrogens with one attached hydrogen (secondary N) is 1. The van der Waals surface area contributed by atoms with Crippen molar-refractivity contribution in [3.8, 4) is 27.3 Å². The van der Waals surface area contributed by atoms with E-state index in [0.717, 1.165) is 16.8 Å². The van der Waals surface area contributed by atoms with Gasteiger partial charge in [-0.2, -0.15) is 0 Å². The quantitative estimate of drug-likeness (QED) is 0.381. The molecule has 0 unspecified atom stereocenters. The number of fused-ring (bicyclic) bond motifs is 2. The largest absolute Gasteiger partial charge is 0.496 e. The van der Waals surface area contributed by atoms with Crippen molar-refractivity contribution in [3.63, 3.8) is 0 Å². The highest BCUT2D eigenvalue weighted by atomic mass is 32.1. The summed E-state index contributed by atoms with van der Waals surface area (Å²) in [7, 11) is 1.73. The van der Waals surface area contributed by atoms with Crippen LogP contribution >= 0.6 is 11.3 Å². The van der Waals surface area contributed by atoms with E-state index in [2.05, 4.69) is 65.6 Å². The maximum atomic E-state index is 5.65. The van der Waals surface area contributed by atoms with Gasteiger partial charge in [0.15, 0.2) is 0 Å². The fraction of sp³-hybridized carbons (Fsp3) is 0.0435. The molecule has 2 nitrogen and oxygen atoms in total. The van der Waals surface area contributed by atoms with Crippen molar-refractivity contribution in [3.05, 3.63) is 79.0 Å². The monoisotopic (exact) mass is 355 g/mol.